The van der Waals surface area contributed by atoms with Gasteiger partial charge in [-0.3, -0.25) is 4.79 Å². The van der Waals surface area contributed by atoms with Gasteiger partial charge in [0.25, 0.3) is 5.91 Å². The Morgan fingerprint density at radius 1 is 1.14 bits per heavy atom. The van der Waals surface area contributed by atoms with Gasteiger partial charge in [0, 0.05) is 6.54 Å². The lowest BCUT2D eigenvalue weighted by molar-refractivity contribution is -0.123. The zero-order valence-corrected chi connectivity index (χ0v) is 11.9. The van der Waals surface area contributed by atoms with Gasteiger partial charge in [0.2, 0.25) is 0 Å². The highest BCUT2D eigenvalue weighted by Crippen LogP contribution is 2.12. The Labute approximate surface area is 123 Å². The molecule has 0 aliphatic heterocycles. The van der Waals surface area contributed by atoms with Gasteiger partial charge in [0.05, 0.1) is 0 Å². The molecule has 0 atom stereocenters. The quantitative estimate of drug-likeness (QED) is 0.886. The molecule has 3 nitrogen and oxygen atoms in total. The number of halogens is 1. The minimum absolute atomic E-state index is 0.0548. The first-order valence-corrected chi connectivity index (χ1v) is 6.90. The van der Waals surface area contributed by atoms with E-state index in [1.165, 1.54) is 17.7 Å². The number of hydrogen-bond acceptors (Lipinski definition) is 2. The molecule has 0 aliphatic carbocycles. The van der Waals surface area contributed by atoms with Crippen LogP contribution in [0.4, 0.5) is 4.39 Å². The smallest absolute Gasteiger partial charge is 0.258 e. The van der Waals surface area contributed by atoms with Crippen LogP contribution in [0.1, 0.15) is 18.1 Å². The maximum absolute atomic E-state index is 13.0. The van der Waals surface area contributed by atoms with Crippen molar-refractivity contribution in [2.75, 3.05) is 6.61 Å². The molecule has 2 rings (SSSR count). The number of aryl methyl sites for hydroxylation is 1. The van der Waals surface area contributed by atoms with Crippen molar-refractivity contribution in [3.05, 3.63) is 65.5 Å². The summed E-state index contributed by atoms with van der Waals surface area (Å²) in [6.45, 7) is 2.31. The molecule has 0 aromatic heterocycles. The lowest BCUT2D eigenvalue weighted by atomic mass is 10.2. The highest BCUT2D eigenvalue weighted by molar-refractivity contribution is 5.77. The van der Waals surface area contributed by atoms with Gasteiger partial charge in [-0.15, -0.1) is 0 Å². The summed E-state index contributed by atoms with van der Waals surface area (Å²) in [5.41, 5.74) is 1.94. The summed E-state index contributed by atoms with van der Waals surface area (Å²) in [6.07, 6.45) is 0.967. The molecule has 0 fully saturated rings. The van der Waals surface area contributed by atoms with Crippen LogP contribution in [-0.4, -0.2) is 12.5 Å². The lowest BCUT2D eigenvalue weighted by Crippen LogP contribution is -2.28. The average Bonchev–Trinajstić information content (AvgIpc) is 2.51. The van der Waals surface area contributed by atoms with Gasteiger partial charge in [-0.1, -0.05) is 31.2 Å². The van der Waals surface area contributed by atoms with Gasteiger partial charge in [-0.25, -0.2) is 4.39 Å². The van der Waals surface area contributed by atoms with Crippen molar-refractivity contribution in [1.29, 1.82) is 0 Å². The standard InChI is InChI=1S/C17H18FNO2/c1-2-13-6-8-16(9-7-13)21-12-17(20)19-11-14-4-3-5-15(18)10-14/h3-10H,2,11-12H2,1H3,(H,19,20). The summed E-state index contributed by atoms with van der Waals surface area (Å²) in [7, 11) is 0. The van der Waals surface area contributed by atoms with Crippen LogP contribution in [-0.2, 0) is 17.8 Å². The van der Waals surface area contributed by atoms with E-state index < -0.39 is 0 Å². The van der Waals surface area contributed by atoms with E-state index in [-0.39, 0.29) is 24.9 Å². The molecule has 0 saturated carbocycles. The van der Waals surface area contributed by atoms with Crippen LogP contribution >= 0.6 is 0 Å². The number of hydrogen-bond donors (Lipinski definition) is 1. The first-order chi connectivity index (χ1) is 10.2. The van der Waals surface area contributed by atoms with E-state index in [4.69, 9.17) is 4.74 Å². The second-order valence-corrected chi connectivity index (χ2v) is 4.69. The highest BCUT2D eigenvalue weighted by Gasteiger charge is 2.03. The molecular weight excluding hydrogens is 269 g/mol. The fourth-order valence-corrected chi connectivity index (χ4v) is 1.87. The molecule has 2 aromatic carbocycles. The van der Waals surface area contributed by atoms with Gasteiger partial charge in [0.15, 0.2) is 6.61 Å². The lowest BCUT2D eigenvalue weighted by Gasteiger charge is -2.08. The molecule has 0 heterocycles. The number of amides is 1. The molecule has 110 valence electrons. The summed E-state index contributed by atoms with van der Waals surface area (Å²) < 4.78 is 18.4. The third kappa shape index (κ3) is 4.91. The molecule has 21 heavy (non-hydrogen) atoms. The molecule has 0 radical (unpaired) electrons. The van der Waals surface area contributed by atoms with E-state index in [0.29, 0.717) is 5.75 Å². The molecule has 4 heteroatoms. The number of ether oxygens (including phenoxy) is 1. The molecular formula is C17H18FNO2. The minimum Gasteiger partial charge on any atom is -0.484 e. The van der Waals surface area contributed by atoms with Crippen molar-refractivity contribution < 1.29 is 13.9 Å². The molecule has 0 unspecified atom stereocenters. The molecule has 0 aliphatic rings. The fraction of sp³-hybridized carbons (Fsp3) is 0.235. The number of carbonyl (C=O) groups is 1. The average molecular weight is 287 g/mol. The molecule has 2 aromatic rings. The van der Waals surface area contributed by atoms with Gasteiger partial charge in [0.1, 0.15) is 11.6 Å². The van der Waals surface area contributed by atoms with Crippen LogP contribution in [0.2, 0.25) is 0 Å². The van der Waals surface area contributed by atoms with E-state index >= 15 is 0 Å². The third-order valence-corrected chi connectivity index (χ3v) is 3.08. The van der Waals surface area contributed by atoms with Crippen LogP contribution in [0.3, 0.4) is 0 Å². The zero-order valence-electron chi connectivity index (χ0n) is 11.9. The topological polar surface area (TPSA) is 38.3 Å². The van der Waals surface area contributed by atoms with Crippen molar-refractivity contribution >= 4 is 5.91 Å². The number of nitrogens with one attached hydrogen (secondary N) is 1. The second kappa shape index (κ2) is 7.43. The van der Waals surface area contributed by atoms with Crippen molar-refractivity contribution in [3.8, 4) is 5.75 Å². The molecule has 0 spiro atoms. The van der Waals surface area contributed by atoms with E-state index in [1.807, 2.05) is 24.3 Å². The van der Waals surface area contributed by atoms with E-state index in [1.54, 1.807) is 12.1 Å². The predicted molar refractivity (Wildman–Crippen MR) is 79.6 cm³/mol. The first kappa shape index (κ1) is 15.0. The van der Waals surface area contributed by atoms with Crippen LogP contribution < -0.4 is 10.1 Å². The summed E-state index contributed by atoms with van der Waals surface area (Å²) >= 11 is 0. The van der Waals surface area contributed by atoms with Crippen molar-refractivity contribution in [3.63, 3.8) is 0 Å². The monoisotopic (exact) mass is 287 g/mol. The molecule has 0 bridgehead atoms. The SMILES string of the molecule is CCc1ccc(OCC(=O)NCc2cccc(F)c2)cc1. The Kier molecular flexibility index (Phi) is 5.32. The zero-order chi connectivity index (χ0) is 15.1. The highest BCUT2D eigenvalue weighted by atomic mass is 19.1. The second-order valence-electron chi connectivity index (χ2n) is 4.69. The fourth-order valence-electron chi connectivity index (χ4n) is 1.87. The summed E-state index contributed by atoms with van der Waals surface area (Å²) in [4.78, 5) is 11.7. The Morgan fingerprint density at radius 3 is 2.57 bits per heavy atom. The van der Waals surface area contributed by atoms with E-state index in [2.05, 4.69) is 12.2 Å². The largest absolute Gasteiger partial charge is 0.484 e. The summed E-state index contributed by atoms with van der Waals surface area (Å²) in [5.74, 6) is 0.112. The van der Waals surface area contributed by atoms with Crippen molar-refractivity contribution in [1.82, 2.24) is 5.32 Å². The van der Waals surface area contributed by atoms with Crippen molar-refractivity contribution in [2.24, 2.45) is 0 Å². The summed E-state index contributed by atoms with van der Waals surface area (Å²) in [5, 5.41) is 2.69. The predicted octanol–water partition coefficient (Wildman–Crippen LogP) is 3.08. The molecule has 1 amide bonds. The van der Waals surface area contributed by atoms with Gasteiger partial charge in [-0.05, 0) is 41.8 Å². The maximum Gasteiger partial charge on any atom is 0.258 e. The Hall–Kier alpha value is -2.36. The Bertz CT molecular complexity index is 596. The normalized spacial score (nSPS) is 10.2. The van der Waals surface area contributed by atoms with Crippen molar-refractivity contribution in [2.45, 2.75) is 19.9 Å². The van der Waals surface area contributed by atoms with Crippen LogP contribution in [0, 0.1) is 5.82 Å². The van der Waals surface area contributed by atoms with E-state index in [9.17, 15) is 9.18 Å². The molecule has 0 saturated heterocycles. The minimum atomic E-state index is -0.311. The van der Waals surface area contributed by atoms with Gasteiger partial charge < -0.3 is 10.1 Å². The number of benzene rings is 2. The van der Waals surface area contributed by atoms with Crippen LogP contribution in [0.5, 0.6) is 5.75 Å². The number of rotatable bonds is 6. The maximum atomic E-state index is 13.0. The van der Waals surface area contributed by atoms with E-state index in [0.717, 1.165) is 12.0 Å². The number of carbonyl (C=O) groups excluding carboxylic acids is 1. The van der Waals surface area contributed by atoms with Gasteiger partial charge >= 0.3 is 0 Å². The van der Waals surface area contributed by atoms with Crippen LogP contribution in [0.25, 0.3) is 0 Å². The summed E-state index contributed by atoms with van der Waals surface area (Å²) in [6, 6.07) is 13.8. The molecule has 1 N–H and O–H groups in total. The Balaban J connectivity index is 1.76. The first-order valence-electron chi connectivity index (χ1n) is 6.90. The third-order valence-electron chi connectivity index (χ3n) is 3.08. The Morgan fingerprint density at radius 2 is 1.90 bits per heavy atom. The van der Waals surface area contributed by atoms with Crippen LogP contribution in [0.15, 0.2) is 48.5 Å². The van der Waals surface area contributed by atoms with Gasteiger partial charge in [-0.2, -0.15) is 0 Å².